The molecule has 1 aliphatic heterocycles. The molecule has 1 unspecified atom stereocenters. The Morgan fingerprint density at radius 1 is 0.897 bits per heavy atom. The molecule has 0 radical (unpaired) electrons. The normalized spacial score (nSPS) is 23.2. The highest BCUT2D eigenvalue weighted by atomic mass is 19.4. The summed E-state index contributed by atoms with van der Waals surface area (Å²) < 4.78 is 84.1. The highest BCUT2D eigenvalue weighted by Gasteiger charge is 2.37. The third-order valence-electron chi connectivity index (χ3n) is 4.99. The van der Waals surface area contributed by atoms with E-state index in [1.54, 1.807) is 0 Å². The number of hydrogen-bond acceptors (Lipinski definition) is 2. The van der Waals surface area contributed by atoms with Crippen molar-refractivity contribution in [3.63, 3.8) is 0 Å². The van der Waals surface area contributed by atoms with Gasteiger partial charge in [0.25, 0.3) is 0 Å². The summed E-state index contributed by atoms with van der Waals surface area (Å²) in [5.41, 5.74) is -1.86. The van der Waals surface area contributed by atoms with E-state index in [0.717, 1.165) is 12.0 Å². The van der Waals surface area contributed by atoms with E-state index in [0.29, 0.717) is 18.6 Å². The van der Waals surface area contributed by atoms with Gasteiger partial charge < -0.3 is 10.1 Å². The van der Waals surface area contributed by atoms with Crippen molar-refractivity contribution in [3.8, 4) is 0 Å². The molecule has 1 aliphatic rings. The van der Waals surface area contributed by atoms with Gasteiger partial charge in [0.2, 0.25) is 0 Å². The summed E-state index contributed by atoms with van der Waals surface area (Å²) in [6.45, 7) is 1.69. The zero-order valence-corrected chi connectivity index (χ0v) is 15.6. The van der Waals surface area contributed by atoms with E-state index >= 15 is 0 Å². The Morgan fingerprint density at radius 3 is 2.03 bits per heavy atom. The summed E-state index contributed by atoms with van der Waals surface area (Å²) in [5, 5.41) is 3.41. The summed E-state index contributed by atoms with van der Waals surface area (Å²) in [5.74, 6) is 0. The van der Waals surface area contributed by atoms with E-state index in [4.69, 9.17) is 4.74 Å². The van der Waals surface area contributed by atoms with Gasteiger partial charge in [-0.25, -0.2) is 0 Å². The fraction of sp³-hybridized carbons (Fsp3) is 0.429. The smallest absolute Gasteiger partial charge is 0.372 e. The van der Waals surface area contributed by atoms with Crippen LogP contribution >= 0.6 is 0 Å². The van der Waals surface area contributed by atoms with Crippen LogP contribution in [0.25, 0.3) is 0 Å². The molecule has 0 aromatic heterocycles. The third-order valence-corrected chi connectivity index (χ3v) is 4.99. The van der Waals surface area contributed by atoms with Gasteiger partial charge >= 0.3 is 12.4 Å². The number of nitrogens with one attached hydrogen (secondary N) is 1. The SMILES string of the molecule is CC1CC[C@@H](OCc2cc(C(F)(F)F)cc(C(F)(F)F)c2)[C@@H](c2ccccc2)N1. The Hall–Kier alpha value is -2.06. The molecule has 0 bridgehead atoms. The molecule has 0 amide bonds. The Kier molecular flexibility index (Phi) is 6.24. The first kappa shape index (κ1) is 21.6. The van der Waals surface area contributed by atoms with Gasteiger partial charge in [0.05, 0.1) is 29.9 Å². The lowest BCUT2D eigenvalue weighted by atomic mass is 9.91. The summed E-state index contributed by atoms with van der Waals surface area (Å²) in [6.07, 6.45) is -8.66. The molecule has 3 atom stereocenters. The minimum absolute atomic E-state index is 0.125. The fourth-order valence-electron chi connectivity index (χ4n) is 3.53. The molecule has 1 N–H and O–H groups in total. The van der Waals surface area contributed by atoms with Crippen LogP contribution in [0.3, 0.4) is 0 Å². The van der Waals surface area contributed by atoms with Gasteiger partial charge in [0.15, 0.2) is 0 Å². The summed E-state index contributed by atoms with van der Waals surface area (Å²) in [6, 6.07) is 11.0. The molecule has 2 nitrogen and oxygen atoms in total. The number of ether oxygens (including phenoxy) is 1. The predicted molar refractivity (Wildman–Crippen MR) is 96.0 cm³/mol. The van der Waals surface area contributed by atoms with Gasteiger partial charge in [-0.3, -0.25) is 0 Å². The van der Waals surface area contributed by atoms with Crippen LogP contribution in [-0.2, 0) is 23.7 Å². The summed E-state index contributed by atoms with van der Waals surface area (Å²) in [7, 11) is 0. The number of benzene rings is 2. The topological polar surface area (TPSA) is 21.3 Å². The van der Waals surface area contributed by atoms with Crippen LogP contribution in [0.15, 0.2) is 48.5 Å². The van der Waals surface area contributed by atoms with E-state index in [2.05, 4.69) is 5.32 Å². The van der Waals surface area contributed by atoms with Crippen LogP contribution < -0.4 is 5.32 Å². The van der Waals surface area contributed by atoms with Crippen LogP contribution in [0.2, 0.25) is 0 Å². The molecule has 29 heavy (non-hydrogen) atoms. The van der Waals surface area contributed by atoms with Gasteiger partial charge in [0, 0.05) is 6.04 Å². The van der Waals surface area contributed by atoms with Crippen LogP contribution in [0.5, 0.6) is 0 Å². The Morgan fingerprint density at radius 2 is 1.48 bits per heavy atom. The molecule has 1 saturated heterocycles. The van der Waals surface area contributed by atoms with E-state index in [1.165, 1.54) is 0 Å². The quantitative estimate of drug-likeness (QED) is 0.605. The first-order chi connectivity index (χ1) is 13.5. The van der Waals surface area contributed by atoms with Gasteiger partial charge in [-0.1, -0.05) is 30.3 Å². The largest absolute Gasteiger partial charge is 0.416 e. The third kappa shape index (κ3) is 5.51. The molecule has 1 fully saturated rings. The zero-order chi connectivity index (χ0) is 21.2. The van der Waals surface area contributed by atoms with Crippen molar-refractivity contribution in [2.75, 3.05) is 0 Å². The molecule has 0 saturated carbocycles. The molecule has 3 rings (SSSR count). The molecule has 158 valence electrons. The Labute approximate surface area is 164 Å². The van der Waals surface area contributed by atoms with E-state index < -0.39 is 23.5 Å². The first-order valence-corrected chi connectivity index (χ1v) is 9.25. The lowest BCUT2D eigenvalue weighted by Gasteiger charge is -2.36. The van der Waals surface area contributed by atoms with Crippen LogP contribution in [-0.4, -0.2) is 12.1 Å². The highest BCUT2D eigenvalue weighted by Crippen LogP contribution is 2.37. The van der Waals surface area contributed by atoms with Crippen molar-refractivity contribution < 1.29 is 31.1 Å². The van der Waals surface area contributed by atoms with E-state index in [-0.39, 0.29) is 36.4 Å². The fourth-order valence-corrected chi connectivity index (χ4v) is 3.53. The Balaban J connectivity index is 1.82. The molecule has 0 aliphatic carbocycles. The predicted octanol–water partition coefficient (Wildman–Crippen LogP) is 6.12. The van der Waals surface area contributed by atoms with E-state index in [9.17, 15) is 26.3 Å². The molecule has 2 aromatic carbocycles. The second-order valence-corrected chi connectivity index (χ2v) is 7.30. The monoisotopic (exact) mass is 417 g/mol. The summed E-state index contributed by atoms with van der Waals surface area (Å²) in [4.78, 5) is 0. The lowest BCUT2D eigenvalue weighted by Crippen LogP contribution is -2.44. The molecular weight excluding hydrogens is 396 g/mol. The van der Waals surface area contributed by atoms with Crippen molar-refractivity contribution >= 4 is 0 Å². The van der Waals surface area contributed by atoms with Crippen molar-refractivity contribution in [2.45, 2.75) is 56.9 Å². The van der Waals surface area contributed by atoms with Crippen molar-refractivity contribution in [2.24, 2.45) is 0 Å². The van der Waals surface area contributed by atoms with Gasteiger partial charge in [0.1, 0.15) is 0 Å². The van der Waals surface area contributed by atoms with E-state index in [1.807, 2.05) is 37.3 Å². The number of hydrogen-bond donors (Lipinski definition) is 1. The number of halogens is 6. The lowest BCUT2D eigenvalue weighted by molar-refractivity contribution is -0.143. The summed E-state index contributed by atoms with van der Waals surface area (Å²) >= 11 is 0. The maximum absolute atomic E-state index is 13.0. The second kappa shape index (κ2) is 8.36. The minimum atomic E-state index is -4.87. The number of alkyl halides is 6. The van der Waals surface area contributed by atoms with Crippen LogP contribution in [0.1, 0.15) is 48.1 Å². The van der Waals surface area contributed by atoms with Gasteiger partial charge in [-0.15, -0.1) is 0 Å². The van der Waals surface area contributed by atoms with Crippen molar-refractivity contribution in [1.29, 1.82) is 0 Å². The maximum atomic E-state index is 13.0. The Bertz CT molecular complexity index is 786. The average Bonchev–Trinajstić information content (AvgIpc) is 2.66. The van der Waals surface area contributed by atoms with Gasteiger partial charge in [-0.05, 0) is 49.1 Å². The standard InChI is InChI=1S/C21H21F6NO/c1-13-7-8-18(19(28-13)15-5-3-2-4-6-15)29-12-14-9-16(20(22,23)24)11-17(10-14)21(25,26)27/h2-6,9-11,13,18-19,28H,7-8,12H2,1H3/t13?,18-,19-/m1/s1. The number of rotatable bonds is 4. The molecule has 8 heteroatoms. The van der Waals surface area contributed by atoms with Crippen molar-refractivity contribution in [3.05, 3.63) is 70.8 Å². The van der Waals surface area contributed by atoms with Crippen LogP contribution in [0.4, 0.5) is 26.3 Å². The first-order valence-electron chi connectivity index (χ1n) is 9.25. The average molecular weight is 417 g/mol. The van der Waals surface area contributed by atoms with Gasteiger partial charge in [-0.2, -0.15) is 26.3 Å². The minimum Gasteiger partial charge on any atom is -0.372 e. The van der Waals surface area contributed by atoms with Crippen LogP contribution in [0, 0.1) is 0 Å². The number of piperidine rings is 1. The molecular formula is C21H21F6NO. The second-order valence-electron chi connectivity index (χ2n) is 7.30. The highest BCUT2D eigenvalue weighted by molar-refractivity contribution is 5.33. The van der Waals surface area contributed by atoms with Crippen molar-refractivity contribution in [1.82, 2.24) is 5.32 Å². The molecule has 0 spiro atoms. The molecule has 1 heterocycles. The molecule has 2 aromatic rings. The maximum Gasteiger partial charge on any atom is 0.416 e. The zero-order valence-electron chi connectivity index (χ0n) is 15.6.